The molecule has 1 aliphatic heterocycles. The number of carbonyl (C=O) groups is 1. The van der Waals surface area contributed by atoms with E-state index in [-0.39, 0.29) is 0 Å². The SMILES string of the molecule is COC(=O)[C@H]1O[C@H](OC)[C@@H](OC)[C@@H](O)[C@@H]1OC. The van der Waals surface area contributed by atoms with Crippen molar-refractivity contribution in [2.24, 2.45) is 0 Å². The number of aliphatic hydroxyl groups excluding tert-OH is 1. The lowest BCUT2D eigenvalue weighted by Crippen LogP contribution is -2.61. The smallest absolute Gasteiger partial charge is 0.337 e. The highest BCUT2D eigenvalue weighted by Gasteiger charge is 2.49. The van der Waals surface area contributed by atoms with Gasteiger partial charge in [-0.1, -0.05) is 0 Å². The maximum Gasteiger partial charge on any atom is 0.337 e. The van der Waals surface area contributed by atoms with Gasteiger partial charge in [0.05, 0.1) is 7.11 Å². The summed E-state index contributed by atoms with van der Waals surface area (Å²) >= 11 is 0. The zero-order valence-corrected chi connectivity index (χ0v) is 10.3. The van der Waals surface area contributed by atoms with Crippen LogP contribution in [0.5, 0.6) is 0 Å². The number of aliphatic hydroxyl groups is 1. The van der Waals surface area contributed by atoms with Crippen molar-refractivity contribution in [3.8, 4) is 0 Å². The van der Waals surface area contributed by atoms with Crippen LogP contribution in [0.15, 0.2) is 0 Å². The molecule has 1 rings (SSSR count). The van der Waals surface area contributed by atoms with E-state index in [9.17, 15) is 9.90 Å². The summed E-state index contributed by atoms with van der Waals surface area (Å²) in [6, 6.07) is 0. The van der Waals surface area contributed by atoms with Crippen LogP contribution < -0.4 is 0 Å². The fraction of sp³-hybridized carbons (Fsp3) is 0.900. The lowest BCUT2D eigenvalue weighted by molar-refractivity contribution is -0.296. The summed E-state index contributed by atoms with van der Waals surface area (Å²) in [5, 5.41) is 10.0. The largest absolute Gasteiger partial charge is 0.467 e. The second kappa shape index (κ2) is 6.27. The van der Waals surface area contributed by atoms with Crippen molar-refractivity contribution in [1.82, 2.24) is 0 Å². The van der Waals surface area contributed by atoms with Crippen LogP contribution in [0.25, 0.3) is 0 Å². The molecule has 0 aromatic rings. The number of carbonyl (C=O) groups excluding carboxylic acids is 1. The van der Waals surface area contributed by atoms with E-state index < -0.39 is 36.7 Å². The minimum Gasteiger partial charge on any atom is -0.467 e. The minimum atomic E-state index is -1.05. The van der Waals surface area contributed by atoms with E-state index in [4.69, 9.17) is 18.9 Å². The molecule has 0 bridgehead atoms. The molecular weight excluding hydrogens is 232 g/mol. The fourth-order valence-corrected chi connectivity index (χ4v) is 1.84. The van der Waals surface area contributed by atoms with Crippen molar-refractivity contribution < 1.29 is 33.6 Å². The molecule has 1 aliphatic rings. The lowest BCUT2D eigenvalue weighted by Gasteiger charge is -2.41. The first-order valence-corrected chi connectivity index (χ1v) is 5.10. The van der Waals surface area contributed by atoms with Gasteiger partial charge in [0.15, 0.2) is 12.4 Å². The highest BCUT2D eigenvalue weighted by atomic mass is 16.7. The van der Waals surface area contributed by atoms with Gasteiger partial charge in [-0.05, 0) is 0 Å². The number of rotatable bonds is 4. The molecule has 1 fully saturated rings. The van der Waals surface area contributed by atoms with Crippen LogP contribution in [0.1, 0.15) is 0 Å². The van der Waals surface area contributed by atoms with Crippen molar-refractivity contribution in [2.45, 2.75) is 30.7 Å². The van der Waals surface area contributed by atoms with Crippen LogP contribution in [-0.2, 0) is 28.5 Å². The lowest BCUT2D eigenvalue weighted by atomic mass is 9.98. The van der Waals surface area contributed by atoms with Crippen LogP contribution in [0.3, 0.4) is 0 Å². The molecule has 100 valence electrons. The molecule has 1 N–H and O–H groups in total. The first-order chi connectivity index (χ1) is 8.10. The Morgan fingerprint density at radius 2 is 1.65 bits per heavy atom. The Morgan fingerprint density at radius 3 is 2.06 bits per heavy atom. The third kappa shape index (κ3) is 2.75. The summed E-state index contributed by atoms with van der Waals surface area (Å²) in [7, 11) is 5.40. The van der Waals surface area contributed by atoms with Crippen LogP contribution in [-0.4, -0.2) is 70.2 Å². The topological polar surface area (TPSA) is 83.5 Å². The molecule has 1 saturated heterocycles. The van der Waals surface area contributed by atoms with Gasteiger partial charge in [0.2, 0.25) is 0 Å². The van der Waals surface area contributed by atoms with E-state index in [2.05, 4.69) is 4.74 Å². The van der Waals surface area contributed by atoms with Gasteiger partial charge >= 0.3 is 5.97 Å². The van der Waals surface area contributed by atoms with Crippen LogP contribution in [0.4, 0.5) is 0 Å². The van der Waals surface area contributed by atoms with E-state index in [1.165, 1.54) is 28.4 Å². The van der Waals surface area contributed by atoms with Crippen molar-refractivity contribution >= 4 is 5.97 Å². The molecule has 0 saturated carbocycles. The summed E-state index contributed by atoms with van der Waals surface area (Å²) < 4.78 is 25.1. The highest BCUT2D eigenvalue weighted by Crippen LogP contribution is 2.26. The fourth-order valence-electron chi connectivity index (χ4n) is 1.84. The van der Waals surface area contributed by atoms with Crippen molar-refractivity contribution in [3.05, 3.63) is 0 Å². The van der Waals surface area contributed by atoms with Crippen LogP contribution in [0.2, 0.25) is 0 Å². The highest BCUT2D eigenvalue weighted by molar-refractivity contribution is 5.75. The Bertz CT molecular complexity index is 257. The van der Waals surface area contributed by atoms with E-state index in [1.54, 1.807) is 0 Å². The molecule has 7 heteroatoms. The predicted molar refractivity (Wildman–Crippen MR) is 55.3 cm³/mol. The summed E-state index contributed by atoms with van der Waals surface area (Å²) in [6.07, 6.45) is -4.54. The second-order valence-corrected chi connectivity index (χ2v) is 3.58. The van der Waals surface area contributed by atoms with Crippen molar-refractivity contribution in [1.29, 1.82) is 0 Å². The average Bonchev–Trinajstić information content (AvgIpc) is 2.36. The Labute approximate surface area is 99.5 Å². The number of hydrogen-bond acceptors (Lipinski definition) is 7. The third-order valence-electron chi connectivity index (χ3n) is 2.73. The van der Waals surface area contributed by atoms with Gasteiger partial charge < -0.3 is 28.8 Å². The van der Waals surface area contributed by atoms with Crippen molar-refractivity contribution in [2.75, 3.05) is 28.4 Å². The Balaban J connectivity index is 2.90. The normalized spacial score (nSPS) is 37.8. The molecule has 0 spiro atoms. The maximum atomic E-state index is 11.5. The number of methoxy groups -OCH3 is 4. The monoisotopic (exact) mass is 250 g/mol. The van der Waals surface area contributed by atoms with Crippen LogP contribution in [0, 0.1) is 0 Å². The molecule has 5 atom stereocenters. The molecule has 0 radical (unpaired) electrons. The van der Waals surface area contributed by atoms with Gasteiger partial charge in [-0.2, -0.15) is 0 Å². The maximum absolute atomic E-state index is 11.5. The molecule has 7 nitrogen and oxygen atoms in total. The molecule has 0 aromatic carbocycles. The van der Waals surface area contributed by atoms with Gasteiger partial charge in [-0.3, -0.25) is 0 Å². The Morgan fingerprint density at radius 1 is 1.06 bits per heavy atom. The van der Waals surface area contributed by atoms with Crippen molar-refractivity contribution in [3.63, 3.8) is 0 Å². The van der Waals surface area contributed by atoms with Gasteiger partial charge in [0.25, 0.3) is 0 Å². The minimum absolute atomic E-state index is 0.632. The molecule has 17 heavy (non-hydrogen) atoms. The first-order valence-electron chi connectivity index (χ1n) is 5.10. The number of ether oxygens (including phenoxy) is 5. The number of esters is 1. The molecule has 0 aromatic heterocycles. The molecule has 0 aliphatic carbocycles. The molecule has 0 amide bonds. The Hall–Kier alpha value is -0.730. The van der Waals surface area contributed by atoms with E-state index in [1.807, 2.05) is 0 Å². The summed E-state index contributed by atoms with van der Waals surface area (Å²) in [5.41, 5.74) is 0. The Kier molecular flexibility index (Phi) is 5.29. The van der Waals surface area contributed by atoms with Gasteiger partial charge in [-0.25, -0.2) is 4.79 Å². The summed E-state index contributed by atoms with van der Waals surface area (Å²) in [4.78, 5) is 11.5. The molecular formula is C10H18O7. The van der Waals surface area contributed by atoms with Gasteiger partial charge in [0, 0.05) is 21.3 Å². The summed E-state index contributed by atoms with van der Waals surface area (Å²) in [5.74, 6) is -0.632. The van der Waals surface area contributed by atoms with Gasteiger partial charge in [-0.15, -0.1) is 0 Å². The van der Waals surface area contributed by atoms with E-state index in [0.29, 0.717) is 0 Å². The van der Waals surface area contributed by atoms with Gasteiger partial charge in [0.1, 0.15) is 18.3 Å². The zero-order chi connectivity index (χ0) is 13.0. The molecule has 1 heterocycles. The van der Waals surface area contributed by atoms with Crippen LogP contribution >= 0.6 is 0 Å². The predicted octanol–water partition coefficient (Wildman–Crippen LogP) is -1.08. The third-order valence-corrected chi connectivity index (χ3v) is 2.73. The standard InChI is InChI=1S/C10H18O7/c1-13-6-5(11)7(14-2)10(16-4)17-8(6)9(12)15-3/h5-8,10-11H,1-4H3/t5-,6-,7-,8-,10-/m0/s1. The number of hydrogen-bond donors (Lipinski definition) is 1. The molecule has 0 unspecified atom stereocenters. The first kappa shape index (κ1) is 14.3. The average molecular weight is 250 g/mol. The van der Waals surface area contributed by atoms with E-state index >= 15 is 0 Å². The quantitative estimate of drug-likeness (QED) is 0.635. The summed E-state index contributed by atoms with van der Waals surface area (Å²) in [6.45, 7) is 0. The zero-order valence-electron chi connectivity index (χ0n) is 10.3. The van der Waals surface area contributed by atoms with E-state index in [0.717, 1.165) is 0 Å². The second-order valence-electron chi connectivity index (χ2n) is 3.58.